The third-order valence-corrected chi connectivity index (χ3v) is 8.64. The summed E-state index contributed by atoms with van der Waals surface area (Å²) < 4.78 is 8.98. The summed E-state index contributed by atoms with van der Waals surface area (Å²) >= 11 is 5.07. The van der Waals surface area contributed by atoms with Gasteiger partial charge in [-0.15, -0.1) is 0 Å². The first-order valence-electron chi connectivity index (χ1n) is 11.6. The Morgan fingerprint density at radius 2 is 1.89 bits per heavy atom. The molecule has 1 aromatic heterocycles. The third kappa shape index (κ3) is 3.81. The zero-order valence-electron chi connectivity index (χ0n) is 19.4. The van der Waals surface area contributed by atoms with Crippen LogP contribution in [0.15, 0.2) is 86.6 Å². The molecule has 6 rings (SSSR count). The van der Waals surface area contributed by atoms with Crippen molar-refractivity contribution in [3.05, 3.63) is 124 Å². The quantitative estimate of drug-likeness (QED) is 0.348. The summed E-state index contributed by atoms with van der Waals surface area (Å²) in [6.45, 7) is 2.05. The normalized spacial score (nSPS) is 16.9. The van der Waals surface area contributed by atoms with Crippen LogP contribution in [0.4, 0.5) is 0 Å². The van der Waals surface area contributed by atoms with Gasteiger partial charge in [0.25, 0.3) is 5.56 Å². The molecular weight excluding hydrogens is 520 g/mol. The number of halogens is 1. The molecule has 174 valence electrons. The lowest BCUT2D eigenvalue weighted by Crippen LogP contribution is -2.38. The molecule has 0 radical (unpaired) electrons. The summed E-state index contributed by atoms with van der Waals surface area (Å²) in [5.74, 6) is 0.800. The van der Waals surface area contributed by atoms with E-state index in [0.717, 1.165) is 50.3 Å². The van der Waals surface area contributed by atoms with Gasteiger partial charge < -0.3 is 4.74 Å². The number of aryl methyl sites for hydroxylation is 2. The number of benzene rings is 3. The Hall–Kier alpha value is -3.22. The van der Waals surface area contributed by atoms with Gasteiger partial charge in [0.05, 0.1) is 23.4 Å². The van der Waals surface area contributed by atoms with E-state index in [-0.39, 0.29) is 11.6 Å². The van der Waals surface area contributed by atoms with Crippen LogP contribution in [0.25, 0.3) is 11.8 Å². The summed E-state index contributed by atoms with van der Waals surface area (Å²) in [4.78, 5) is 19.6. The molecule has 4 nitrogen and oxygen atoms in total. The van der Waals surface area contributed by atoms with Gasteiger partial charge in [-0.3, -0.25) is 9.36 Å². The van der Waals surface area contributed by atoms with Gasteiger partial charge in [-0.05, 0) is 71.9 Å². The minimum Gasteiger partial charge on any atom is -0.497 e. The zero-order valence-corrected chi connectivity index (χ0v) is 21.8. The molecule has 0 unspecified atom stereocenters. The standard InChI is InChI=1S/C29H23BrN2O2S/c1-17-7-8-18(15-24(17)30)16-25-28(33)32-27(20-9-12-21(34-2)13-10-20)23-14-11-19-5-3-4-6-22(19)26(23)31-29(32)35-25/h3-10,12-13,15-16,27H,11,14H2,1-2H3/b25-16-/t27-/m0/s1. The average Bonchev–Trinajstić information content (AvgIpc) is 3.19. The molecule has 6 heteroatoms. The van der Waals surface area contributed by atoms with Crippen LogP contribution in [0.5, 0.6) is 5.75 Å². The molecule has 35 heavy (non-hydrogen) atoms. The minimum absolute atomic E-state index is 0.00308. The highest BCUT2D eigenvalue weighted by molar-refractivity contribution is 9.10. The van der Waals surface area contributed by atoms with E-state index in [4.69, 9.17) is 9.73 Å². The fraction of sp³-hybridized carbons (Fsp3) is 0.172. The van der Waals surface area contributed by atoms with Gasteiger partial charge >= 0.3 is 0 Å². The number of ether oxygens (including phenoxy) is 1. The van der Waals surface area contributed by atoms with Crippen LogP contribution < -0.4 is 19.6 Å². The van der Waals surface area contributed by atoms with Crippen molar-refractivity contribution in [2.24, 2.45) is 4.99 Å². The summed E-state index contributed by atoms with van der Waals surface area (Å²) in [5.41, 5.74) is 7.91. The smallest absolute Gasteiger partial charge is 0.271 e. The second-order valence-corrected chi connectivity index (χ2v) is 10.8. The van der Waals surface area contributed by atoms with Crippen molar-refractivity contribution < 1.29 is 4.74 Å². The maximum absolute atomic E-state index is 13.8. The van der Waals surface area contributed by atoms with Crippen LogP contribution >= 0.6 is 27.3 Å². The van der Waals surface area contributed by atoms with Gasteiger partial charge in [-0.25, -0.2) is 4.99 Å². The van der Waals surface area contributed by atoms with Gasteiger partial charge in [-0.2, -0.15) is 0 Å². The lowest BCUT2D eigenvalue weighted by Gasteiger charge is -2.30. The molecule has 0 spiro atoms. The predicted octanol–water partition coefficient (Wildman–Crippen LogP) is 5.40. The van der Waals surface area contributed by atoms with E-state index in [1.165, 1.54) is 28.0 Å². The fourth-order valence-corrected chi connectivity index (χ4v) is 6.36. The third-order valence-electron chi connectivity index (χ3n) is 6.80. The molecule has 1 aliphatic carbocycles. The SMILES string of the molecule is COc1ccc([C@H]2C3=C(N=c4s/c(=C\c5ccc(C)c(Br)c5)c(=O)n42)c2ccccc2CC3)cc1. The van der Waals surface area contributed by atoms with Gasteiger partial charge in [0, 0.05) is 10.0 Å². The van der Waals surface area contributed by atoms with Crippen LogP contribution in [0.2, 0.25) is 0 Å². The van der Waals surface area contributed by atoms with Crippen molar-refractivity contribution in [1.82, 2.24) is 4.57 Å². The topological polar surface area (TPSA) is 43.6 Å². The van der Waals surface area contributed by atoms with Crippen molar-refractivity contribution in [3.8, 4) is 5.75 Å². The summed E-state index contributed by atoms with van der Waals surface area (Å²) in [7, 11) is 1.67. The molecule has 3 aromatic carbocycles. The number of thiazole rings is 1. The van der Waals surface area contributed by atoms with E-state index >= 15 is 0 Å². The number of nitrogens with zero attached hydrogens (tertiary/aromatic N) is 2. The number of methoxy groups -OCH3 is 1. The fourth-order valence-electron chi connectivity index (χ4n) is 4.96. The highest BCUT2D eigenvalue weighted by Gasteiger charge is 2.32. The van der Waals surface area contributed by atoms with Crippen LogP contribution in [0.3, 0.4) is 0 Å². The molecule has 4 aromatic rings. The Morgan fingerprint density at radius 1 is 1.09 bits per heavy atom. The van der Waals surface area contributed by atoms with E-state index in [1.54, 1.807) is 7.11 Å². The van der Waals surface area contributed by atoms with Crippen molar-refractivity contribution in [3.63, 3.8) is 0 Å². The second-order valence-electron chi connectivity index (χ2n) is 8.90. The van der Waals surface area contributed by atoms with Gasteiger partial charge in [0.2, 0.25) is 0 Å². The van der Waals surface area contributed by atoms with Gasteiger partial charge in [-0.1, -0.05) is 75.8 Å². The molecular formula is C29H23BrN2O2S. The molecule has 0 saturated carbocycles. The van der Waals surface area contributed by atoms with Crippen LogP contribution in [0.1, 0.15) is 40.3 Å². The van der Waals surface area contributed by atoms with Crippen molar-refractivity contribution in [2.45, 2.75) is 25.8 Å². The Kier molecular flexibility index (Phi) is 5.58. The minimum atomic E-state index is -0.188. The summed E-state index contributed by atoms with van der Waals surface area (Å²) in [6.07, 6.45) is 3.79. The van der Waals surface area contributed by atoms with Crippen molar-refractivity contribution in [2.75, 3.05) is 7.11 Å². The molecule has 0 fully saturated rings. The summed E-state index contributed by atoms with van der Waals surface area (Å²) in [5, 5.41) is 0. The maximum Gasteiger partial charge on any atom is 0.271 e. The van der Waals surface area contributed by atoms with E-state index in [2.05, 4.69) is 71.4 Å². The van der Waals surface area contributed by atoms with Gasteiger partial charge in [0.1, 0.15) is 5.75 Å². The van der Waals surface area contributed by atoms with E-state index in [1.807, 2.05) is 28.8 Å². The van der Waals surface area contributed by atoms with Crippen LogP contribution in [-0.2, 0) is 6.42 Å². The number of rotatable bonds is 3. The average molecular weight is 543 g/mol. The largest absolute Gasteiger partial charge is 0.497 e. The van der Waals surface area contributed by atoms with E-state index in [9.17, 15) is 4.79 Å². The highest BCUT2D eigenvalue weighted by atomic mass is 79.9. The first kappa shape index (κ1) is 22.3. The Labute approximate surface area is 215 Å². The molecule has 2 heterocycles. The Balaban J connectivity index is 1.60. The molecule has 0 bridgehead atoms. The number of allylic oxidation sites excluding steroid dienone is 1. The Morgan fingerprint density at radius 3 is 2.66 bits per heavy atom. The lowest BCUT2D eigenvalue weighted by molar-refractivity contribution is 0.414. The highest BCUT2D eigenvalue weighted by Crippen LogP contribution is 2.41. The zero-order chi connectivity index (χ0) is 24.1. The predicted molar refractivity (Wildman–Crippen MR) is 145 cm³/mol. The van der Waals surface area contributed by atoms with Crippen molar-refractivity contribution >= 4 is 39.0 Å². The molecule has 1 atom stereocenters. The Bertz CT molecular complexity index is 1680. The molecule has 0 N–H and O–H groups in total. The molecule has 0 amide bonds. The van der Waals surface area contributed by atoms with Gasteiger partial charge in [0.15, 0.2) is 4.80 Å². The number of fused-ring (bicyclic) bond motifs is 3. The van der Waals surface area contributed by atoms with E-state index in [0.29, 0.717) is 4.53 Å². The number of aromatic nitrogens is 1. The number of hydrogen-bond donors (Lipinski definition) is 0. The molecule has 2 aliphatic rings. The molecule has 0 saturated heterocycles. The van der Waals surface area contributed by atoms with Crippen LogP contribution in [-0.4, -0.2) is 11.7 Å². The first-order chi connectivity index (χ1) is 17.0. The molecule has 1 aliphatic heterocycles. The van der Waals surface area contributed by atoms with Crippen LogP contribution in [0, 0.1) is 6.92 Å². The second kappa shape index (κ2) is 8.77. The summed E-state index contributed by atoms with van der Waals surface area (Å²) in [6, 6.07) is 22.5. The maximum atomic E-state index is 13.8. The lowest BCUT2D eigenvalue weighted by atomic mass is 9.83. The monoisotopic (exact) mass is 542 g/mol. The first-order valence-corrected chi connectivity index (χ1v) is 13.2. The number of hydrogen-bond acceptors (Lipinski definition) is 4. The van der Waals surface area contributed by atoms with E-state index < -0.39 is 0 Å². The van der Waals surface area contributed by atoms with Crippen molar-refractivity contribution in [1.29, 1.82) is 0 Å².